The van der Waals surface area contributed by atoms with Crippen LogP contribution < -0.4 is 10.5 Å². The van der Waals surface area contributed by atoms with Crippen LogP contribution in [0.4, 0.5) is 0 Å². The Kier molecular flexibility index (Phi) is 4.70. The molecular weight excluding hydrogens is 294 g/mol. The van der Waals surface area contributed by atoms with E-state index in [1.165, 1.54) is 12.3 Å². The molecule has 118 valence electrons. The highest BCUT2D eigenvalue weighted by Crippen LogP contribution is 2.22. The van der Waals surface area contributed by atoms with Gasteiger partial charge in [-0.2, -0.15) is 0 Å². The zero-order valence-electron chi connectivity index (χ0n) is 12.2. The number of primary sulfonamides is 1. The molecule has 1 fully saturated rings. The molecule has 0 radical (unpaired) electrons. The summed E-state index contributed by atoms with van der Waals surface area (Å²) < 4.78 is 29.6. The third-order valence-corrected chi connectivity index (χ3v) is 4.71. The fraction of sp³-hybridized carbons (Fsp3) is 0.615. The molecule has 0 aromatic carbocycles. The molecule has 0 aliphatic heterocycles. The maximum Gasteiger partial charge on any atom is 0.268 e. The summed E-state index contributed by atoms with van der Waals surface area (Å²) in [4.78, 5) is 12.3. The lowest BCUT2D eigenvalue weighted by molar-refractivity contribution is 0.0906. The third-order valence-electron chi connectivity index (χ3n) is 3.83. The molecule has 2 rings (SSSR count). The number of carbonyl (C=O) groups excluding carboxylic acids is 1. The van der Waals surface area contributed by atoms with Crippen LogP contribution in [0.1, 0.15) is 36.7 Å². The van der Waals surface area contributed by atoms with Crippen molar-refractivity contribution in [3.63, 3.8) is 0 Å². The second-order valence-corrected chi connectivity index (χ2v) is 6.79. The van der Waals surface area contributed by atoms with Crippen LogP contribution in [0.5, 0.6) is 0 Å². The maximum absolute atomic E-state index is 12.3. The number of sulfonamides is 1. The van der Waals surface area contributed by atoms with Crippen molar-refractivity contribution in [3.8, 4) is 0 Å². The zero-order chi connectivity index (χ0) is 15.6. The van der Waals surface area contributed by atoms with E-state index in [-0.39, 0.29) is 22.9 Å². The number of ether oxygens (including phenoxy) is 1. The first-order valence-corrected chi connectivity index (χ1v) is 8.46. The summed E-state index contributed by atoms with van der Waals surface area (Å²) in [6.07, 6.45) is 4.11. The number of aromatic nitrogens is 1. The van der Waals surface area contributed by atoms with Crippen molar-refractivity contribution in [2.45, 2.75) is 49.8 Å². The Labute approximate surface area is 124 Å². The van der Waals surface area contributed by atoms with Gasteiger partial charge in [0.2, 0.25) is 10.0 Å². The highest BCUT2D eigenvalue weighted by Gasteiger charge is 2.27. The van der Waals surface area contributed by atoms with Crippen molar-refractivity contribution in [3.05, 3.63) is 18.0 Å². The Bertz CT molecular complexity index is 623. The number of carbonyl (C=O) groups is 1. The monoisotopic (exact) mass is 315 g/mol. The number of rotatable bonds is 5. The second-order valence-electron chi connectivity index (χ2n) is 5.23. The minimum Gasteiger partial charge on any atom is -0.381 e. The van der Waals surface area contributed by atoms with Crippen LogP contribution in [-0.4, -0.2) is 38.1 Å². The number of aryl methyl sites for hydroxylation is 1. The highest BCUT2D eigenvalue weighted by atomic mass is 32.2. The summed E-state index contributed by atoms with van der Waals surface area (Å²) in [6.45, 7) is 2.32. The Hall–Kier alpha value is -1.38. The van der Waals surface area contributed by atoms with Crippen LogP contribution >= 0.6 is 0 Å². The molecule has 0 spiro atoms. The van der Waals surface area contributed by atoms with E-state index in [9.17, 15) is 13.2 Å². The lowest BCUT2D eigenvalue weighted by Crippen LogP contribution is -2.34. The van der Waals surface area contributed by atoms with Gasteiger partial charge in [0, 0.05) is 25.9 Å². The fourth-order valence-corrected chi connectivity index (χ4v) is 3.19. The van der Waals surface area contributed by atoms with E-state index in [4.69, 9.17) is 9.88 Å². The van der Waals surface area contributed by atoms with Gasteiger partial charge in [-0.1, -0.05) is 0 Å². The lowest BCUT2D eigenvalue weighted by atomic mass is 10.2. The summed E-state index contributed by atoms with van der Waals surface area (Å²) in [6, 6.07) is 1.37. The van der Waals surface area contributed by atoms with Gasteiger partial charge in [-0.3, -0.25) is 4.79 Å². The van der Waals surface area contributed by atoms with E-state index in [1.807, 2.05) is 6.92 Å². The molecule has 1 heterocycles. The summed E-state index contributed by atoms with van der Waals surface area (Å²) in [5.74, 6) is -0.284. The largest absolute Gasteiger partial charge is 0.381 e. The summed E-state index contributed by atoms with van der Waals surface area (Å²) in [5.41, 5.74) is 0.308. The van der Waals surface area contributed by atoms with Crippen LogP contribution in [0.2, 0.25) is 0 Å². The maximum atomic E-state index is 12.3. The van der Waals surface area contributed by atoms with Crippen LogP contribution in [0.25, 0.3) is 0 Å². The topological polar surface area (TPSA) is 103 Å². The Morgan fingerprint density at radius 3 is 2.76 bits per heavy atom. The van der Waals surface area contributed by atoms with Gasteiger partial charge in [-0.25, -0.2) is 13.6 Å². The van der Waals surface area contributed by atoms with Crippen molar-refractivity contribution in [2.75, 3.05) is 7.11 Å². The number of nitrogens with two attached hydrogens (primary N) is 1. The number of nitrogens with zero attached hydrogens (tertiary/aromatic N) is 1. The predicted octanol–water partition coefficient (Wildman–Crippen LogP) is 0.453. The van der Waals surface area contributed by atoms with Crippen LogP contribution in [0.15, 0.2) is 17.2 Å². The van der Waals surface area contributed by atoms with E-state index in [1.54, 1.807) is 11.7 Å². The van der Waals surface area contributed by atoms with E-state index in [0.29, 0.717) is 12.2 Å². The van der Waals surface area contributed by atoms with Crippen LogP contribution in [0.3, 0.4) is 0 Å². The van der Waals surface area contributed by atoms with Crippen molar-refractivity contribution in [1.29, 1.82) is 0 Å². The molecule has 7 nitrogen and oxygen atoms in total. The Balaban J connectivity index is 2.14. The smallest absolute Gasteiger partial charge is 0.268 e. The van der Waals surface area contributed by atoms with Gasteiger partial charge in [0.25, 0.3) is 5.91 Å². The number of hydrogen-bond acceptors (Lipinski definition) is 4. The minimum atomic E-state index is -3.81. The summed E-state index contributed by atoms with van der Waals surface area (Å²) >= 11 is 0. The molecule has 3 N–H and O–H groups in total. The number of nitrogens with one attached hydrogen (secondary N) is 1. The van der Waals surface area contributed by atoms with E-state index in [0.717, 1.165) is 19.3 Å². The Morgan fingerprint density at radius 1 is 1.52 bits per heavy atom. The second kappa shape index (κ2) is 6.17. The summed E-state index contributed by atoms with van der Waals surface area (Å²) in [5, 5.41) is 8.03. The molecule has 2 unspecified atom stereocenters. The van der Waals surface area contributed by atoms with Gasteiger partial charge in [-0.05, 0) is 32.3 Å². The van der Waals surface area contributed by atoms with Crippen molar-refractivity contribution in [2.24, 2.45) is 5.14 Å². The number of methoxy groups -OCH3 is 1. The molecule has 1 aliphatic rings. The van der Waals surface area contributed by atoms with E-state index < -0.39 is 10.0 Å². The Morgan fingerprint density at radius 2 is 2.24 bits per heavy atom. The van der Waals surface area contributed by atoms with Crippen molar-refractivity contribution < 1.29 is 17.9 Å². The first-order valence-electron chi connectivity index (χ1n) is 6.91. The molecule has 8 heteroatoms. The molecular formula is C13H21N3O4S. The highest BCUT2D eigenvalue weighted by molar-refractivity contribution is 7.89. The molecule has 1 aliphatic carbocycles. The zero-order valence-corrected chi connectivity index (χ0v) is 13.0. The van der Waals surface area contributed by atoms with E-state index in [2.05, 4.69) is 5.32 Å². The van der Waals surface area contributed by atoms with Crippen LogP contribution in [0, 0.1) is 0 Å². The molecule has 0 bridgehead atoms. The number of hydrogen-bond donors (Lipinski definition) is 2. The molecule has 1 aromatic heterocycles. The fourth-order valence-electron chi connectivity index (χ4n) is 2.64. The van der Waals surface area contributed by atoms with E-state index >= 15 is 0 Å². The molecule has 1 aromatic rings. The molecule has 0 saturated heterocycles. The normalized spacial score (nSPS) is 22.4. The molecule has 1 saturated carbocycles. The quantitative estimate of drug-likeness (QED) is 0.823. The number of amides is 1. The average Bonchev–Trinajstić information content (AvgIpc) is 3.03. The van der Waals surface area contributed by atoms with Crippen molar-refractivity contribution >= 4 is 15.9 Å². The van der Waals surface area contributed by atoms with Crippen molar-refractivity contribution in [1.82, 2.24) is 9.88 Å². The first kappa shape index (κ1) is 16.0. The molecule has 21 heavy (non-hydrogen) atoms. The van der Waals surface area contributed by atoms with Gasteiger partial charge in [0.05, 0.1) is 6.10 Å². The standard InChI is InChI=1S/C13H21N3O4S/c1-3-16-8-11(21(14,18)19)7-12(16)13(17)15-9-4-5-10(6-9)20-2/h7-10H,3-6H2,1-2H3,(H,15,17)(H2,14,18,19). The van der Waals surface area contributed by atoms with Crippen LogP contribution in [-0.2, 0) is 21.3 Å². The molecule has 2 atom stereocenters. The minimum absolute atomic E-state index is 0.0457. The van der Waals surface area contributed by atoms with Gasteiger partial charge in [0.15, 0.2) is 0 Å². The lowest BCUT2D eigenvalue weighted by Gasteiger charge is -2.13. The van der Waals surface area contributed by atoms with Gasteiger partial charge < -0.3 is 14.6 Å². The summed E-state index contributed by atoms with van der Waals surface area (Å²) in [7, 11) is -2.15. The van der Waals surface area contributed by atoms with Gasteiger partial charge >= 0.3 is 0 Å². The van der Waals surface area contributed by atoms with Gasteiger partial charge in [-0.15, -0.1) is 0 Å². The molecule has 1 amide bonds. The SMILES string of the molecule is CCn1cc(S(N)(=O)=O)cc1C(=O)NC1CCC(OC)C1. The van der Waals surface area contributed by atoms with Gasteiger partial charge in [0.1, 0.15) is 10.6 Å². The average molecular weight is 315 g/mol. The predicted molar refractivity (Wildman–Crippen MR) is 77.4 cm³/mol. The first-order chi connectivity index (χ1) is 9.85. The third kappa shape index (κ3) is 3.63.